The molecule has 2 heterocycles. The van der Waals surface area contributed by atoms with E-state index in [1.807, 2.05) is 17.9 Å². The van der Waals surface area contributed by atoms with Gasteiger partial charge < -0.3 is 10.6 Å². The maximum atomic E-state index is 11.2. The van der Waals surface area contributed by atoms with Crippen molar-refractivity contribution in [2.45, 2.75) is 25.8 Å². The molecule has 20 heavy (non-hydrogen) atoms. The number of anilines is 1. The fraction of sp³-hybridized carbons (Fsp3) is 0.538. The molecule has 0 aliphatic carbocycles. The van der Waals surface area contributed by atoms with Crippen molar-refractivity contribution in [3.63, 3.8) is 0 Å². The van der Waals surface area contributed by atoms with Gasteiger partial charge in [-0.25, -0.2) is 4.98 Å². The van der Waals surface area contributed by atoms with Crippen LogP contribution in [0.5, 0.6) is 0 Å². The highest BCUT2D eigenvalue weighted by molar-refractivity contribution is 5.65. The number of nitrogens with two attached hydrogens (primary N) is 1. The van der Waals surface area contributed by atoms with Crippen molar-refractivity contribution in [1.29, 1.82) is 5.26 Å². The van der Waals surface area contributed by atoms with Crippen molar-refractivity contribution >= 4 is 11.5 Å². The summed E-state index contributed by atoms with van der Waals surface area (Å²) in [6.45, 7) is 3.33. The summed E-state index contributed by atoms with van der Waals surface area (Å²) in [6, 6.07) is 3.36. The zero-order chi connectivity index (χ0) is 14.7. The van der Waals surface area contributed by atoms with Gasteiger partial charge in [-0.3, -0.25) is 10.1 Å². The molecule has 7 nitrogen and oxygen atoms in total. The first-order chi connectivity index (χ1) is 9.54. The average molecular weight is 275 g/mol. The minimum Gasteiger partial charge on any atom is -0.351 e. The number of nitriles is 1. The van der Waals surface area contributed by atoms with Crippen LogP contribution in [0.25, 0.3) is 0 Å². The lowest BCUT2D eigenvalue weighted by Gasteiger charge is -2.34. The normalized spacial score (nSPS) is 17.6. The van der Waals surface area contributed by atoms with E-state index in [1.165, 1.54) is 12.3 Å². The van der Waals surface area contributed by atoms with Gasteiger partial charge >= 0.3 is 5.69 Å². The van der Waals surface area contributed by atoms with E-state index in [0.29, 0.717) is 19.0 Å². The molecule has 106 valence electrons. The predicted octanol–water partition coefficient (Wildman–Crippen LogP) is 1.43. The Morgan fingerprint density at radius 1 is 1.60 bits per heavy atom. The van der Waals surface area contributed by atoms with Crippen LogP contribution in [0.4, 0.5) is 11.5 Å². The molecule has 0 bridgehead atoms. The highest BCUT2D eigenvalue weighted by atomic mass is 16.6. The second kappa shape index (κ2) is 5.84. The number of aromatic nitrogens is 1. The molecule has 0 saturated carbocycles. The molecule has 1 aromatic rings. The van der Waals surface area contributed by atoms with Crippen LogP contribution < -0.4 is 10.6 Å². The largest absolute Gasteiger partial charge is 0.351 e. The van der Waals surface area contributed by atoms with Crippen LogP contribution in [0.15, 0.2) is 12.3 Å². The topological polar surface area (TPSA) is 109 Å². The molecule has 2 rings (SSSR count). The lowest BCUT2D eigenvalue weighted by atomic mass is 9.91. The molecule has 1 aliphatic rings. The van der Waals surface area contributed by atoms with Gasteiger partial charge in [-0.1, -0.05) is 0 Å². The van der Waals surface area contributed by atoms with Crippen molar-refractivity contribution in [2.24, 2.45) is 11.7 Å². The van der Waals surface area contributed by atoms with Gasteiger partial charge in [0.15, 0.2) is 0 Å². The molecule has 1 aromatic heterocycles. The van der Waals surface area contributed by atoms with Gasteiger partial charge in [0.1, 0.15) is 11.6 Å². The molecule has 1 aliphatic heterocycles. The number of pyridine rings is 1. The summed E-state index contributed by atoms with van der Waals surface area (Å²) in [5.41, 5.74) is 5.74. The van der Waals surface area contributed by atoms with E-state index < -0.39 is 4.92 Å². The van der Waals surface area contributed by atoms with E-state index >= 15 is 0 Å². The van der Waals surface area contributed by atoms with E-state index in [4.69, 9.17) is 11.0 Å². The lowest BCUT2D eigenvalue weighted by Crippen LogP contribution is -2.40. The first-order valence-corrected chi connectivity index (χ1v) is 6.58. The van der Waals surface area contributed by atoms with E-state index in [1.54, 1.807) is 0 Å². The molecule has 1 saturated heterocycles. The molecule has 1 fully saturated rings. The van der Waals surface area contributed by atoms with Crippen LogP contribution in [0.2, 0.25) is 0 Å². The van der Waals surface area contributed by atoms with Crippen molar-refractivity contribution in [2.75, 3.05) is 18.0 Å². The highest BCUT2D eigenvalue weighted by Crippen LogP contribution is 2.32. The van der Waals surface area contributed by atoms with Gasteiger partial charge in [-0.2, -0.15) is 5.26 Å². The van der Waals surface area contributed by atoms with Crippen molar-refractivity contribution in [1.82, 2.24) is 4.98 Å². The van der Waals surface area contributed by atoms with E-state index in [9.17, 15) is 10.1 Å². The maximum Gasteiger partial charge on any atom is 0.329 e. The Kier molecular flexibility index (Phi) is 4.15. The summed E-state index contributed by atoms with van der Waals surface area (Å²) < 4.78 is 0. The summed E-state index contributed by atoms with van der Waals surface area (Å²) in [6.07, 6.45) is 3.21. The third-order valence-electron chi connectivity index (χ3n) is 3.79. The van der Waals surface area contributed by atoms with Crippen LogP contribution in [0, 0.1) is 27.4 Å². The lowest BCUT2D eigenvalue weighted by molar-refractivity contribution is -0.384. The Hall–Kier alpha value is -2.20. The molecule has 0 aromatic carbocycles. The molecule has 0 spiro atoms. The zero-order valence-electron chi connectivity index (χ0n) is 11.3. The van der Waals surface area contributed by atoms with E-state index in [0.717, 1.165) is 12.8 Å². The summed E-state index contributed by atoms with van der Waals surface area (Å²) in [4.78, 5) is 16.6. The van der Waals surface area contributed by atoms with Gasteiger partial charge in [-0.05, 0) is 31.7 Å². The summed E-state index contributed by atoms with van der Waals surface area (Å²) in [5, 5.41) is 20.2. The van der Waals surface area contributed by atoms with Crippen LogP contribution in [0.3, 0.4) is 0 Å². The van der Waals surface area contributed by atoms with Crippen LogP contribution in [-0.2, 0) is 0 Å². The van der Waals surface area contributed by atoms with Gasteiger partial charge in [0.05, 0.1) is 4.92 Å². The monoisotopic (exact) mass is 275 g/mol. The molecular formula is C13H17N5O2. The molecule has 0 amide bonds. The number of hydrogen-bond donors (Lipinski definition) is 1. The summed E-state index contributed by atoms with van der Waals surface area (Å²) >= 11 is 0. The summed E-state index contributed by atoms with van der Waals surface area (Å²) in [5.74, 6) is 0.724. The first kappa shape index (κ1) is 14.2. The second-order valence-electron chi connectivity index (χ2n) is 5.08. The minimum atomic E-state index is -0.529. The van der Waals surface area contributed by atoms with Gasteiger partial charge in [0.2, 0.25) is 5.82 Å². The Labute approximate surface area is 117 Å². The van der Waals surface area contributed by atoms with Gasteiger partial charge in [0, 0.05) is 25.3 Å². The quantitative estimate of drug-likeness (QED) is 0.660. The Morgan fingerprint density at radius 3 is 2.75 bits per heavy atom. The van der Waals surface area contributed by atoms with Crippen molar-refractivity contribution < 1.29 is 4.92 Å². The second-order valence-corrected chi connectivity index (χ2v) is 5.08. The number of hydrogen-bond acceptors (Lipinski definition) is 6. The molecule has 7 heteroatoms. The molecule has 0 radical (unpaired) electrons. The fourth-order valence-electron chi connectivity index (χ4n) is 2.58. The zero-order valence-corrected chi connectivity index (χ0v) is 11.3. The number of piperidine rings is 1. The van der Waals surface area contributed by atoms with E-state index in [2.05, 4.69) is 4.98 Å². The number of rotatable bonds is 3. The van der Waals surface area contributed by atoms with Crippen LogP contribution >= 0.6 is 0 Å². The highest BCUT2D eigenvalue weighted by Gasteiger charge is 2.29. The van der Waals surface area contributed by atoms with Crippen LogP contribution in [0.1, 0.15) is 25.3 Å². The van der Waals surface area contributed by atoms with Gasteiger partial charge in [-0.15, -0.1) is 0 Å². The fourth-order valence-corrected chi connectivity index (χ4v) is 2.58. The SMILES string of the molecule is CC(N)C1CCN(c2nccc(C#N)c2[N+](=O)[O-])CC1. The van der Waals surface area contributed by atoms with E-state index in [-0.39, 0.29) is 23.1 Å². The number of nitrogens with zero attached hydrogens (tertiary/aromatic N) is 4. The molecule has 1 unspecified atom stereocenters. The molecular weight excluding hydrogens is 258 g/mol. The standard InChI is InChI=1S/C13H17N5O2/c1-9(15)10-3-6-17(7-4-10)13-12(18(19)20)11(8-14)2-5-16-13/h2,5,9-10H,3-4,6-7,15H2,1H3. The summed E-state index contributed by atoms with van der Waals surface area (Å²) in [7, 11) is 0. The molecule has 1 atom stereocenters. The average Bonchev–Trinajstić information content (AvgIpc) is 2.46. The predicted molar refractivity (Wildman–Crippen MR) is 74.2 cm³/mol. The Balaban J connectivity index is 2.27. The third kappa shape index (κ3) is 2.70. The Bertz CT molecular complexity index is 544. The number of nitro groups is 1. The van der Waals surface area contributed by atoms with Crippen molar-refractivity contribution in [3.8, 4) is 6.07 Å². The maximum absolute atomic E-state index is 11.2. The molecule has 2 N–H and O–H groups in total. The van der Waals surface area contributed by atoms with Crippen LogP contribution in [-0.4, -0.2) is 29.0 Å². The minimum absolute atomic E-state index is 0.0503. The first-order valence-electron chi connectivity index (χ1n) is 6.58. The smallest absolute Gasteiger partial charge is 0.329 e. The van der Waals surface area contributed by atoms with Gasteiger partial charge in [0.25, 0.3) is 0 Å². The Morgan fingerprint density at radius 2 is 2.25 bits per heavy atom. The van der Waals surface area contributed by atoms with Crippen molar-refractivity contribution in [3.05, 3.63) is 27.9 Å². The third-order valence-corrected chi connectivity index (χ3v) is 3.79.